The molecule has 0 aromatic heterocycles. The highest BCUT2D eigenvalue weighted by Crippen LogP contribution is 2.39. The first-order valence-electron chi connectivity index (χ1n) is 7.44. The van der Waals surface area contributed by atoms with Crippen molar-refractivity contribution in [1.82, 2.24) is 0 Å². The molecule has 1 unspecified atom stereocenters. The summed E-state index contributed by atoms with van der Waals surface area (Å²) in [5, 5.41) is 6.40. The molecule has 1 amide bonds. The van der Waals surface area contributed by atoms with Gasteiger partial charge in [-0.2, -0.15) is 0 Å². The van der Waals surface area contributed by atoms with Gasteiger partial charge in [-0.25, -0.2) is 0 Å². The maximum atomic E-state index is 11.1. The van der Waals surface area contributed by atoms with Gasteiger partial charge in [0.05, 0.1) is 17.2 Å². The third-order valence-corrected chi connectivity index (χ3v) is 3.95. The van der Waals surface area contributed by atoms with Crippen LogP contribution in [0.25, 0.3) is 0 Å². The summed E-state index contributed by atoms with van der Waals surface area (Å²) in [7, 11) is 0. The van der Waals surface area contributed by atoms with Crippen molar-refractivity contribution >= 4 is 17.3 Å². The number of aryl methyl sites for hydroxylation is 1. The average molecular weight is 290 g/mol. The van der Waals surface area contributed by atoms with Crippen LogP contribution in [0.15, 0.2) is 18.2 Å². The fraction of sp³-hybridized carbons (Fsp3) is 0.588. The van der Waals surface area contributed by atoms with Crippen LogP contribution < -0.4 is 10.6 Å². The summed E-state index contributed by atoms with van der Waals surface area (Å²) in [4.78, 5) is 11.1. The summed E-state index contributed by atoms with van der Waals surface area (Å²) in [5.41, 5.74) is 2.66. The summed E-state index contributed by atoms with van der Waals surface area (Å²) in [6.45, 7) is 12.0. The van der Waals surface area contributed by atoms with Gasteiger partial charge < -0.3 is 15.4 Å². The zero-order valence-electron chi connectivity index (χ0n) is 13.8. The largest absolute Gasteiger partial charge is 0.379 e. The number of amides is 1. The third kappa shape index (κ3) is 3.76. The zero-order valence-corrected chi connectivity index (χ0v) is 13.8. The molecule has 0 radical (unpaired) electrons. The molecule has 0 aliphatic carbocycles. The molecule has 4 nitrogen and oxygen atoms in total. The molecular formula is C17H26N2O2. The Morgan fingerprint density at radius 2 is 1.95 bits per heavy atom. The average Bonchev–Trinajstić information content (AvgIpc) is 2.50. The van der Waals surface area contributed by atoms with Gasteiger partial charge in [-0.15, -0.1) is 0 Å². The second-order valence-electron chi connectivity index (χ2n) is 7.08. The number of benzene rings is 1. The lowest BCUT2D eigenvalue weighted by Gasteiger charge is -2.28. The molecule has 2 rings (SSSR count). The summed E-state index contributed by atoms with van der Waals surface area (Å²) in [5.74, 6) is -0.0501. The minimum Gasteiger partial charge on any atom is -0.379 e. The molecule has 0 saturated carbocycles. The molecule has 1 saturated heterocycles. The summed E-state index contributed by atoms with van der Waals surface area (Å²) in [6.07, 6.45) is 0.965. The van der Waals surface area contributed by atoms with Crippen LogP contribution in [-0.4, -0.2) is 23.2 Å². The molecule has 2 N–H and O–H groups in total. The highest BCUT2D eigenvalue weighted by atomic mass is 16.5. The van der Waals surface area contributed by atoms with Crippen molar-refractivity contribution in [2.24, 2.45) is 0 Å². The van der Waals surface area contributed by atoms with Gasteiger partial charge in [-0.1, -0.05) is 0 Å². The Morgan fingerprint density at radius 3 is 2.43 bits per heavy atom. The molecule has 1 heterocycles. The highest BCUT2D eigenvalue weighted by Gasteiger charge is 2.45. The molecular weight excluding hydrogens is 264 g/mol. The zero-order chi connectivity index (χ0) is 15.8. The van der Waals surface area contributed by atoms with Crippen molar-refractivity contribution in [3.8, 4) is 0 Å². The minimum absolute atomic E-state index is 0.0501. The van der Waals surface area contributed by atoms with Crippen molar-refractivity contribution in [2.75, 3.05) is 10.6 Å². The van der Waals surface area contributed by atoms with E-state index in [1.54, 1.807) is 0 Å². The van der Waals surface area contributed by atoms with E-state index in [0.29, 0.717) is 0 Å². The molecule has 0 spiro atoms. The second kappa shape index (κ2) is 5.34. The van der Waals surface area contributed by atoms with E-state index < -0.39 is 0 Å². The normalized spacial score (nSPS) is 22.9. The quantitative estimate of drug-likeness (QED) is 0.892. The topological polar surface area (TPSA) is 50.4 Å². The van der Waals surface area contributed by atoms with Crippen molar-refractivity contribution in [1.29, 1.82) is 0 Å². The van der Waals surface area contributed by atoms with Gasteiger partial charge in [0.2, 0.25) is 5.91 Å². The number of hydrogen-bond acceptors (Lipinski definition) is 3. The van der Waals surface area contributed by atoms with Gasteiger partial charge in [0.25, 0.3) is 0 Å². The number of anilines is 2. The second-order valence-corrected chi connectivity index (χ2v) is 7.08. The Balaban J connectivity index is 2.14. The van der Waals surface area contributed by atoms with Crippen LogP contribution in [0.3, 0.4) is 0 Å². The van der Waals surface area contributed by atoms with E-state index in [2.05, 4.69) is 44.4 Å². The molecule has 0 bridgehead atoms. The van der Waals surface area contributed by atoms with E-state index >= 15 is 0 Å². The van der Waals surface area contributed by atoms with Gasteiger partial charge in [-0.3, -0.25) is 4.79 Å². The molecule has 1 fully saturated rings. The number of rotatable bonds is 3. The summed E-state index contributed by atoms with van der Waals surface area (Å²) < 4.78 is 6.11. The van der Waals surface area contributed by atoms with Gasteiger partial charge in [0, 0.05) is 18.3 Å². The Labute approximate surface area is 127 Å². The number of nitrogens with one attached hydrogen (secondary N) is 2. The lowest BCUT2D eigenvalue weighted by molar-refractivity contribution is -0.114. The molecule has 1 aromatic carbocycles. The van der Waals surface area contributed by atoms with Gasteiger partial charge >= 0.3 is 0 Å². The van der Waals surface area contributed by atoms with Crippen molar-refractivity contribution in [3.63, 3.8) is 0 Å². The van der Waals surface area contributed by atoms with Crippen LogP contribution in [0, 0.1) is 6.92 Å². The van der Waals surface area contributed by atoms with Crippen LogP contribution in [0.5, 0.6) is 0 Å². The molecule has 1 aromatic rings. The fourth-order valence-electron chi connectivity index (χ4n) is 3.07. The SMILES string of the molecule is CC(=O)Nc1ccc(NC2CC(C)(C)OC2(C)C)cc1C. The van der Waals surface area contributed by atoms with Crippen LogP contribution in [0.4, 0.5) is 11.4 Å². The van der Waals surface area contributed by atoms with Gasteiger partial charge in [0.15, 0.2) is 0 Å². The van der Waals surface area contributed by atoms with Gasteiger partial charge in [-0.05, 0) is 64.8 Å². The molecule has 4 heteroatoms. The predicted octanol–water partition coefficient (Wildman–Crippen LogP) is 3.71. The third-order valence-electron chi connectivity index (χ3n) is 3.95. The standard InChI is InChI=1S/C17H26N2O2/c1-11-9-13(7-8-14(11)18-12(2)20)19-15-10-16(3,4)21-17(15,5)6/h7-9,15,19H,10H2,1-6H3,(H,18,20). The van der Waals surface area contributed by atoms with Crippen LogP contribution in [0.1, 0.15) is 46.6 Å². The monoisotopic (exact) mass is 290 g/mol. The van der Waals surface area contributed by atoms with Crippen LogP contribution in [-0.2, 0) is 9.53 Å². The Hall–Kier alpha value is -1.55. The number of ether oxygens (including phenoxy) is 1. The first-order valence-corrected chi connectivity index (χ1v) is 7.44. The summed E-state index contributed by atoms with van der Waals surface area (Å²) >= 11 is 0. The van der Waals surface area contributed by atoms with E-state index in [-0.39, 0.29) is 23.2 Å². The smallest absolute Gasteiger partial charge is 0.221 e. The van der Waals surface area contributed by atoms with E-state index in [0.717, 1.165) is 23.4 Å². The van der Waals surface area contributed by atoms with E-state index in [4.69, 9.17) is 4.74 Å². The van der Waals surface area contributed by atoms with Gasteiger partial charge in [0.1, 0.15) is 0 Å². The van der Waals surface area contributed by atoms with E-state index in [1.807, 2.05) is 19.1 Å². The van der Waals surface area contributed by atoms with E-state index in [1.165, 1.54) is 6.92 Å². The van der Waals surface area contributed by atoms with Crippen molar-refractivity contribution < 1.29 is 9.53 Å². The Morgan fingerprint density at radius 1 is 1.29 bits per heavy atom. The lowest BCUT2D eigenvalue weighted by Crippen LogP contribution is -2.38. The highest BCUT2D eigenvalue weighted by molar-refractivity contribution is 5.89. The molecule has 1 aliphatic heterocycles. The maximum absolute atomic E-state index is 11.1. The number of carbonyl (C=O) groups is 1. The number of hydrogen-bond donors (Lipinski definition) is 2. The van der Waals surface area contributed by atoms with Crippen LogP contribution in [0.2, 0.25) is 0 Å². The lowest BCUT2D eigenvalue weighted by atomic mass is 9.94. The minimum atomic E-state index is -0.201. The first-order chi connectivity index (χ1) is 9.59. The van der Waals surface area contributed by atoms with Crippen LogP contribution >= 0.6 is 0 Å². The first kappa shape index (κ1) is 15.8. The summed E-state index contributed by atoms with van der Waals surface area (Å²) in [6, 6.07) is 6.26. The molecule has 1 aliphatic rings. The Bertz CT molecular complexity index is 550. The Kier molecular flexibility index (Phi) is 4.02. The fourth-order valence-corrected chi connectivity index (χ4v) is 3.07. The van der Waals surface area contributed by atoms with Crippen molar-refractivity contribution in [3.05, 3.63) is 23.8 Å². The molecule has 1 atom stereocenters. The maximum Gasteiger partial charge on any atom is 0.221 e. The molecule has 21 heavy (non-hydrogen) atoms. The molecule has 116 valence electrons. The number of carbonyl (C=O) groups excluding carboxylic acids is 1. The van der Waals surface area contributed by atoms with E-state index in [9.17, 15) is 4.79 Å². The van der Waals surface area contributed by atoms with Crippen molar-refractivity contribution in [2.45, 2.75) is 65.2 Å². The predicted molar refractivity (Wildman–Crippen MR) is 86.8 cm³/mol.